The summed E-state index contributed by atoms with van der Waals surface area (Å²) in [4.78, 5) is 29.2. The third-order valence-electron chi connectivity index (χ3n) is 3.64. The first-order valence-corrected chi connectivity index (χ1v) is 8.46. The highest BCUT2D eigenvalue weighted by atomic mass is 32.1. The molecule has 5 nitrogen and oxygen atoms in total. The Morgan fingerprint density at radius 2 is 1.96 bits per heavy atom. The molecule has 0 bridgehead atoms. The molecule has 0 aliphatic heterocycles. The van der Waals surface area contributed by atoms with Gasteiger partial charge in [0.1, 0.15) is 0 Å². The van der Waals surface area contributed by atoms with Crippen LogP contribution in [-0.2, 0) is 17.6 Å². The van der Waals surface area contributed by atoms with E-state index in [-0.39, 0.29) is 11.5 Å². The molecule has 2 aromatic rings. The molecule has 0 saturated heterocycles. The standard InChI is InChI=1S/C17H20N2O3S/c1-2-19(11-9-15-18-10-12-23-15)16(20)8-5-13-3-6-14(7-4-13)17(21)22/h3-4,6-7,10,12H,2,5,8-9,11H2,1H3,(H,21,22). The van der Waals surface area contributed by atoms with Crippen molar-refractivity contribution < 1.29 is 14.7 Å². The highest BCUT2D eigenvalue weighted by Gasteiger charge is 2.12. The summed E-state index contributed by atoms with van der Waals surface area (Å²) in [6.07, 6.45) is 3.61. The molecular formula is C17H20N2O3S. The predicted molar refractivity (Wildman–Crippen MR) is 89.8 cm³/mol. The van der Waals surface area contributed by atoms with Gasteiger partial charge in [-0.25, -0.2) is 9.78 Å². The number of likely N-dealkylation sites (N-methyl/N-ethyl adjacent to an activating group) is 1. The number of carbonyl (C=O) groups is 2. The van der Waals surface area contributed by atoms with Crippen molar-refractivity contribution in [1.82, 2.24) is 9.88 Å². The van der Waals surface area contributed by atoms with Gasteiger partial charge in [-0.2, -0.15) is 0 Å². The third-order valence-corrected chi connectivity index (χ3v) is 4.48. The Hall–Kier alpha value is -2.21. The highest BCUT2D eigenvalue weighted by Crippen LogP contribution is 2.10. The normalized spacial score (nSPS) is 10.5. The Morgan fingerprint density at radius 1 is 1.22 bits per heavy atom. The molecule has 0 fully saturated rings. The number of aromatic carboxylic acids is 1. The molecule has 0 aliphatic rings. The maximum absolute atomic E-state index is 12.3. The zero-order chi connectivity index (χ0) is 16.7. The number of aryl methyl sites for hydroxylation is 1. The quantitative estimate of drug-likeness (QED) is 0.807. The Bertz CT molecular complexity index is 638. The number of thiazole rings is 1. The average molecular weight is 332 g/mol. The van der Waals surface area contributed by atoms with Gasteiger partial charge in [0.2, 0.25) is 5.91 Å². The predicted octanol–water partition coefficient (Wildman–Crippen LogP) is 2.87. The maximum atomic E-state index is 12.3. The average Bonchev–Trinajstić information content (AvgIpc) is 3.07. The van der Waals surface area contributed by atoms with Crippen LogP contribution in [0.5, 0.6) is 0 Å². The molecule has 0 radical (unpaired) electrons. The van der Waals surface area contributed by atoms with Gasteiger partial charge in [-0.3, -0.25) is 4.79 Å². The van der Waals surface area contributed by atoms with E-state index in [1.807, 2.05) is 17.2 Å². The molecule has 23 heavy (non-hydrogen) atoms. The summed E-state index contributed by atoms with van der Waals surface area (Å²) < 4.78 is 0. The fourth-order valence-corrected chi connectivity index (χ4v) is 2.90. The van der Waals surface area contributed by atoms with Gasteiger partial charge in [-0.15, -0.1) is 11.3 Å². The number of nitrogens with zero attached hydrogens (tertiary/aromatic N) is 2. The van der Waals surface area contributed by atoms with Crippen molar-refractivity contribution in [2.24, 2.45) is 0 Å². The van der Waals surface area contributed by atoms with Crippen LogP contribution in [0.2, 0.25) is 0 Å². The maximum Gasteiger partial charge on any atom is 0.335 e. The van der Waals surface area contributed by atoms with Gasteiger partial charge in [0, 0.05) is 37.5 Å². The summed E-state index contributed by atoms with van der Waals surface area (Å²) in [6, 6.07) is 6.68. The zero-order valence-corrected chi connectivity index (χ0v) is 13.9. The van der Waals surface area contributed by atoms with Crippen LogP contribution in [0.3, 0.4) is 0 Å². The van der Waals surface area contributed by atoms with Crippen LogP contribution in [0, 0.1) is 0 Å². The summed E-state index contributed by atoms with van der Waals surface area (Å²) >= 11 is 1.60. The minimum absolute atomic E-state index is 0.117. The van der Waals surface area contributed by atoms with Crippen molar-refractivity contribution in [3.63, 3.8) is 0 Å². The highest BCUT2D eigenvalue weighted by molar-refractivity contribution is 7.09. The third kappa shape index (κ3) is 5.17. The first kappa shape index (κ1) is 17.1. The number of amides is 1. The molecule has 6 heteroatoms. The summed E-state index contributed by atoms with van der Waals surface area (Å²) in [6.45, 7) is 3.34. The molecule has 122 valence electrons. The van der Waals surface area contributed by atoms with E-state index in [0.717, 1.165) is 17.0 Å². The number of carbonyl (C=O) groups excluding carboxylic acids is 1. The number of carboxylic acid groups (broad SMARTS) is 1. The summed E-state index contributed by atoms with van der Waals surface area (Å²) in [5.74, 6) is -0.821. The van der Waals surface area contributed by atoms with Crippen molar-refractivity contribution >= 4 is 23.2 Å². The van der Waals surface area contributed by atoms with Crippen LogP contribution in [-0.4, -0.2) is 40.0 Å². The molecule has 0 saturated carbocycles. The van der Waals surface area contributed by atoms with Crippen LogP contribution in [0.25, 0.3) is 0 Å². The lowest BCUT2D eigenvalue weighted by atomic mass is 10.1. The number of hydrogen-bond acceptors (Lipinski definition) is 4. The molecule has 1 aromatic heterocycles. The molecule has 1 aromatic carbocycles. The monoisotopic (exact) mass is 332 g/mol. The Balaban J connectivity index is 1.83. The number of benzene rings is 1. The fourth-order valence-electron chi connectivity index (χ4n) is 2.29. The minimum Gasteiger partial charge on any atom is -0.478 e. The zero-order valence-electron chi connectivity index (χ0n) is 13.1. The van der Waals surface area contributed by atoms with Crippen LogP contribution in [0.4, 0.5) is 0 Å². The molecular weight excluding hydrogens is 312 g/mol. The minimum atomic E-state index is -0.938. The van der Waals surface area contributed by atoms with Crippen molar-refractivity contribution in [3.8, 4) is 0 Å². The number of rotatable bonds is 8. The van der Waals surface area contributed by atoms with Crippen LogP contribution in [0.1, 0.15) is 34.3 Å². The Morgan fingerprint density at radius 3 is 2.52 bits per heavy atom. The van der Waals surface area contributed by atoms with E-state index < -0.39 is 5.97 Å². The van der Waals surface area contributed by atoms with E-state index in [1.165, 1.54) is 0 Å². The van der Waals surface area contributed by atoms with E-state index in [1.54, 1.807) is 41.8 Å². The SMILES string of the molecule is CCN(CCc1nccs1)C(=O)CCc1ccc(C(=O)O)cc1. The van der Waals surface area contributed by atoms with Crippen LogP contribution < -0.4 is 0 Å². The molecule has 1 heterocycles. The molecule has 0 spiro atoms. The van der Waals surface area contributed by atoms with Crippen molar-refractivity contribution in [1.29, 1.82) is 0 Å². The Kier molecular flexibility index (Phi) is 6.29. The lowest BCUT2D eigenvalue weighted by Gasteiger charge is -2.20. The van der Waals surface area contributed by atoms with Gasteiger partial charge in [0.15, 0.2) is 0 Å². The van der Waals surface area contributed by atoms with E-state index in [9.17, 15) is 9.59 Å². The molecule has 0 aliphatic carbocycles. The second-order valence-electron chi connectivity index (χ2n) is 5.15. The van der Waals surface area contributed by atoms with Crippen molar-refractivity contribution in [3.05, 3.63) is 52.0 Å². The number of carboxylic acids is 1. The second-order valence-corrected chi connectivity index (χ2v) is 6.13. The van der Waals surface area contributed by atoms with Crippen molar-refractivity contribution in [2.45, 2.75) is 26.2 Å². The van der Waals surface area contributed by atoms with Crippen LogP contribution in [0.15, 0.2) is 35.8 Å². The van der Waals surface area contributed by atoms with Gasteiger partial charge in [-0.1, -0.05) is 12.1 Å². The Labute approximate surface area is 139 Å². The van der Waals surface area contributed by atoms with Gasteiger partial charge in [0.25, 0.3) is 0 Å². The molecule has 0 unspecified atom stereocenters. The first-order chi connectivity index (χ1) is 11.1. The number of aromatic nitrogens is 1. The van der Waals surface area contributed by atoms with Crippen LogP contribution >= 0.6 is 11.3 Å². The largest absolute Gasteiger partial charge is 0.478 e. The van der Waals surface area contributed by atoms with Gasteiger partial charge >= 0.3 is 5.97 Å². The summed E-state index contributed by atoms with van der Waals surface area (Å²) in [7, 11) is 0. The fraction of sp³-hybridized carbons (Fsp3) is 0.353. The van der Waals surface area contributed by atoms with Gasteiger partial charge in [0.05, 0.1) is 10.6 Å². The molecule has 1 amide bonds. The van der Waals surface area contributed by atoms with E-state index in [0.29, 0.717) is 25.9 Å². The van der Waals surface area contributed by atoms with E-state index >= 15 is 0 Å². The molecule has 0 atom stereocenters. The second kappa shape index (κ2) is 8.43. The first-order valence-electron chi connectivity index (χ1n) is 7.58. The van der Waals surface area contributed by atoms with Gasteiger partial charge in [-0.05, 0) is 31.0 Å². The molecule has 2 rings (SSSR count). The lowest BCUT2D eigenvalue weighted by molar-refractivity contribution is -0.130. The topological polar surface area (TPSA) is 70.5 Å². The smallest absolute Gasteiger partial charge is 0.335 e. The lowest BCUT2D eigenvalue weighted by Crippen LogP contribution is -2.32. The van der Waals surface area contributed by atoms with E-state index in [4.69, 9.17) is 5.11 Å². The van der Waals surface area contributed by atoms with Crippen molar-refractivity contribution in [2.75, 3.05) is 13.1 Å². The van der Waals surface area contributed by atoms with Gasteiger partial charge < -0.3 is 10.0 Å². The van der Waals surface area contributed by atoms with E-state index in [2.05, 4.69) is 4.98 Å². The summed E-state index contributed by atoms with van der Waals surface area (Å²) in [5, 5.41) is 11.9. The molecule has 1 N–H and O–H groups in total. The number of hydrogen-bond donors (Lipinski definition) is 1. The summed E-state index contributed by atoms with van der Waals surface area (Å²) in [5.41, 5.74) is 1.23.